The molecule has 4 nitrogen and oxygen atoms in total. The summed E-state index contributed by atoms with van der Waals surface area (Å²) in [6.45, 7) is 13.1. The predicted octanol–water partition coefficient (Wildman–Crippen LogP) is 2.94. The van der Waals surface area contributed by atoms with Crippen LogP contribution in [0.25, 0.3) is 0 Å². The van der Waals surface area contributed by atoms with E-state index in [4.69, 9.17) is 4.43 Å². The number of hydrogen-bond donors (Lipinski definition) is 1. The van der Waals surface area contributed by atoms with Crippen LogP contribution in [0.3, 0.4) is 0 Å². The van der Waals surface area contributed by atoms with Crippen LogP contribution in [0.15, 0.2) is 12.3 Å². The number of rotatable bonds is 4. The molecule has 0 atom stereocenters. The van der Waals surface area contributed by atoms with E-state index in [0.29, 0.717) is 6.01 Å². The second-order valence-corrected chi connectivity index (χ2v) is 15.0. The molecule has 1 rings (SSSR count). The number of nitrogens with zero attached hydrogens (tertiary/aromatic N) is 2. The van der Waals surface area contributed by atoms with Gasteiger partial charge >= 0.3 is 6.01 Å². The zero-order chi connectivity index (χ0) is 12.4. The number of aromatic nitrogens is 2. The molecule has 0 radical (unpaired) electrons. The van der Waals surface area contributed by atoms with Gasteiger partial charge < -0.3 is 9.41 Å². The van der Waals surface area contributed by atoms with E-state index in [1.165, 1.54) is 0 Å². The largest absolute Gasteiger partial charge is 0.518 e. The highest BCUT2D eigenvalue weighted by Gasteiger charge is 2.19. The maximum absolute atomic E-state index is 5.75. The van der Waals surface area contributed by atoms with Crippen molar-refractivity contribution in [2.45, 2.75) is 39.3 Å². The first-order valence-corrected chi connectivity index (χ1v) is 12.4. The van der Waals surface area contributed by atoms with Gasteiger partial charge in [-0.2, -0.15) is 4.98 Å². The zero-order valence-corrected chi connectivity index (χ0v) is 13.0. The Bertz CT molecular complexity index is 327. The Morgan fingerprint density at radius 1 is 1.12 bits per heavy atom. The third-order valence-electron chi connectivity index (χ3n) is 1.53. The fourth-order valence-corrected chi connectivity index (χ4v) is 2.67. The Morgan fingerprint density at radius 2 is 1.75 bits per heavy atom. The van der Waals surface area contributed by atoms with E-state index in [9.17, 15) is 0 Å². The lowest BCUT2D eigenvalue weighted by molar-refractivity contribution is 0.510. The molecule has 1 aromatic heterocycles. The second kappa shape index (κ2) is 4.54. The molecule has 6 heteroatoms. The summed E-state index contributed by atoms with van der Waals surface area (Å²) >= 11 is 0. The first-order chi connectivity index (χ1) is 7.16. The fourth-order valence-electron chi connectivity index (χ4n) is 1.12. The highest BCUT2D eigenvalue weighted by atomic mass is 28.4. The Kier molecular flexibility index (Phi) is 3.74. The minimum atomic E-state index is -1.62. The Balaban J connectivity index is 2.79. The van der Waals surface area contributed by atoms with Crippen molar-refractivity contribution in [1.82, 2.24) is 9.97 Å². The summed E-state index contributed by atoms with van der Waals surface area (Å²) in [5.74, 6) is 0.863. The minimum absolute atomic E-state index is 0.488. The lowest BCUT2D eigenvalue weighted by Gasteiger charge is -2.20. The van der Waals surface area contributed by atoms with Crippen LogP contribution in [0.5, 0.6) is 6.01 Å². The van der Waals surface area contributed by atoms with Crippen LogP contribution < -0.4 is 9.41 Å². The minimum Gasteiger partial charge on any atom is -0.518 e. The first-order valence-electron chi connectivity index (χ1n) is 5.46. The monoisotopic (exact) mass is 255 g/mol. The van der Waals surface area contributed by atoms with Crippen molar-refractivity contribution in [2.24, 2.45) is 0 Å². The Labute approximate surface area is 99.7 Å². The molecule has 0 fully saturated rings. The van der Waals surface area contributed by atoms with Gasteiger partial charge in [0.1, 0.15) is 14.1 Å². The molecule has 0 bridgehead atoms. The topological polar surface area (TPSA) is 47.0 Å². The lowest BCUT2D eigenvalue weighted by Crippen LogP contribution is -2.33. The van der Waals surface area contributed by atoms with E-state index >= 15 is 0 Å². The molecule has 1 aromatic rings. The maximum Gasteiger partial charge on any atom is 0.304 e. The van der Waals surface area contributed by atoms with Gasteiger partial charge in [-0.1, -0.05) is 19.6 Å². The molecule has 90 valence electrons. The molecule has 0 saturated heterocycles. The lowest BCUT2D eigenvalue weighted by atomic mass is 10.6. The van der Waals surface area contributed by atoms with Crippen molar-refractivity contribution in [3.05, 3.63) is 12.3 Å². The number of hydrogen-bond acceptors (Lipinski definition) is 4. The zero-order valence-electron chi connectivity index (χ0n) is 11.0. The maximum atomic E-state index is 5.75. The normalized spacial score (nSPS) is 12.4. The van der Waals surface area contributed by atoms with Crippen molar-refractivity contribution >= 4 is 22.4 Å². The van der Waals surface area contributed by atoms with Gasteiger partial charge in [-0.05, 0) is 25.7 Å². The predicted molar refractivity (Wildman–Crippen MR) is 73.0 cm³/mol. The standard InChI is InChI=1S/C10H21N3OSi2/c1-15(2,3)13-9-7-8-11-10(12-9)14-16(4,5)6/h7-8H,1-6H3,(H,11,12,13). The Hall–Kier alpha value is -0.886. The molecule has 16 heavy (non-hydrogen) atoms. The van der Waals surface area contributed by atoms with Gasteiger partial charge in [0, 0.05) is 6.20 Å². The van der Waals surface area contributed by atoms with E-state index in [2.05, 4.69) is 54.2 Å². The summed E-state index contributed by atoms with van der Waals surface area (Å²) in [5, 5.41) is 0. The highest BCUT2D eigenvalue weighted by Crippen LogP contribution is 2.14. The van der Waals surface area contributed by atoms with Gasteiger partial charge in [0.15, 0.2) is 0 Å². The van der Waals surface area contributed by atoms with Crippen molar-refractivity contribution in [3.8, 4) is 6.01 Å². The number of nitrogens with one attached hydrogen (secondary N) is 1. The molecule has 0 amide bonds. The molecule has 0 aliphatic rings. The van der Waals surface area contributed by atoms with Gasteiger partial charge in [0.25, 0.3) is 0 Å². The van der Waals surface area contributed by atoms with Crippen molar-refractivity contribution < 1.29 is 4.43 Å². The van der Waals surface area contributed by atoms with E-state index < -0.39 is 16.6 Å². The second-order valence-electron chi connectivity index (χ2n) is 5.81. The molecule has 1 N–H and O–H groups in total. The van der Waals surface area contributed by atoms with Crippen molar-refractivity contribution in [1.29, 1.82) is 0 Å². The van der Waals surface area contributed by atoms with Crippen LogP contribution in [-0.2, 0) is 0 Å². The fraction of sp³-hybridized carbons (Fsp3) is 0.600. The number of anilines is 1. The summed E-state index contributed by atoms with van der Waals surface area (Å²) in [7, 11) is -2.99. The van der Waals surface area contributed by atoms with Gasteiger partial charge in [-0.3, -0.25) is 0 Å². The van der Waals surface area contributed by atoms with Crippen LogP contribution in [0, 0.1) is 0 Å². The molecule has 0 aromatic carbocycles. The molecule has 0 spiro atoms. The third kappa shape index (κ3) is 5.27. The van der Waals surface area contributed by atoms with Crippen LogP contribution in [-0.4, -0.2) is 26.5 Å². The summed E-state index contributed by atoms with van der Waals surface area (Å²) in [6, 6.07) is 2.37. The van der Waals surface area contributed by atoms with E-state index in [-0.39, 0.29) is 0 Å². The molecule has 0 aliphatic heterocycles. The van der Waals surface area contributed by atoms with Gasteiger partial charge in [0.2, 0.25) is 8.32 Å². The third-order valence-corrected chi connectivity index (χ3v) is 3.34. The van der Waals surface area contributed by atoms with Gasteiger partial charge in [-0.15, -0.1) is 0 Å². The van der Waals surface area contributed by atoms with Crippen LogP contribution in [0.2, 0.25) is 39.3 Å². The molecular formula is C10H21N3OSi2. The Morgan fingerprint density at radius 3 is 2.25 bits per heavy atom. The first kappa shape index (κ1) is 13.2. The summed E-state index contributed by atoms with van der Waals surface area (Å²) in [4.78, 5) is 11.9. The molecule has 0 unspecified atom stereocenters. The highest BCUT2D eigenvalue weighted by molar-refractivity contribution is 6.79. The SMILES string of the molecule is C[Si](C)(C)Nc1ccnc(O[Si](C)(C)C)n1. The molecule has 0 saturated carbocycles. The van der Waals surface area contributed by atoms with Crippen molar-refractivity contribution in [2.75, 3.05) is 4.98 Å². The van der Waals surface area contributed by atoms with Crippen molar-refractivity contribution in [3.63, 3.8) is 0 Å². The van der Waals surface area contributed by atoms with Crippen LogP contribution in [0.1, 0.15) is 0 Å². The average Bonchev–Trinajstić information content (AvgIpc) is 1.96. The van der Waals surface area contributed by atoms with E-state index in [1.54, 1.807) is 6.20 Å². The van der Waals surface area contributed by atoms with Gasteiger partial charge in [0.05, 0.1) is 0 Å². The quantitative estimate of drug-likeness (QED) is 0.840. The molecule has 0 aliphatic carbocycles. The molecule has 1 heterocycles. The van der Waals surface area contributed by atoms with Crippen LogP contribution >= 0.6 is 0 Å². The van der Waals surface area contributed by atoms with Gasteiger partial charge in [-0.25, -0.2) is 4.98 Å². The van der Waals surface area contributed by atoms with Crippen LogP contribution in [0.4, 0.5) is 5.82 Å². The van der Waals surface area contributed by atoms with E-state index in [0.717, 1.165) is 5.82 Å². The summed E-state index contributed by atoms with van der Waals surface area (Å²) in [5.41, 5.74) is 0. The summed E-state index contributed by atoms with van der Waals surface area (Å²) in [6.07, 6.45) is 1.74. The molecular weight excluding hydrogens is 234 g/mol. The van der Waals surface area contributed by atoms with E-state index in [1.807, 2.05) is 6.07 Å². The smallest absolute Gasteiger partial charge is 0.304 e. The summed E-state index contributed by atoms with van der Waals surface area (Å²) < 4.78 is 5.75. The average molecular weight is 255 g/mol.